The van der Waals surface area contributed by atoms with Crippen LogP contribution in [0.2, 0.25) is 0 Å². The molecule has 3 atom stereocenters. The highest BCUT2D eigenvalue weighted by molar-refractivity contribution is 5.75. The number of ether oxygens (including phenoxy) is 3. The Bertz CT molecular complexity index is 1540. The molecule has 3 aliphatic rings. The van der Waals surface area contributed by atoms with Gasteiger partial charge < -0.3 is 28.9 Å². The molecule has 45 heavy (non-hydrogen) atoms. The number of hydrogen-bond acceptors (Lipinski definition) is 8. The summed E-state index contributed by atoms with van der Waals surface area (Å²) in [5.41, 5.74) is 3.27. The van der Waals surface area contributed by atoms with Crippen LogP contribution in [0.4, 0.5) is 14.9 Å². The van der Waals surface area contributed by atoms with Crippen molar-refractivity contribution in [1.82, 2.24) is 19.4 Å². The molecule has 1 aromatic carbocycles. The van der Waals surface area contributed by atoms with Crippen LogP contribution in [0.5, 0.6) is 0 Å². The fourth-order valence-electron chi connectivity index (χ4n) is 6.79. The van der Waals surface area contributed by atoms with E-state index in [1.165, 1.54) is 16.3 Å². The van der Waals surface area contributed by atoms with Gasteiger partial charge in [-0.05, 0) is 82.8 Å². The highest BCUT2D eigenvalue weighted by atomic mass is 19.1. The van der Waals surface area contributed by atoms with Crippen LogP contribution in [0.1, 0.15) is 69.4 Å². The zero-order valence-electron chi connectivity index (χ0n) is 26.6. The molecule has 0 N–H and O–H groups in total. The first-order chi connectivity index (χ1) is 21.6. The van der Waals surface area contributed by atoms with E-state index in [9.17, 15) is 14.4 Å². The van der Waals surface area contributed by atoms with Gasteiger partial charge in [-0.1, -0.05) is 24.3 Å². The number of fused-ring (bicyclic) bond motifs is 1. The van der Waals surface area contributed by atoms with E-state index in [4.69, 9.17) is 14.2 Å². The number of benzene rings is 1. The first-order valence-electron chi connectivity index (χ1n) is 16.0. The van der Waals surface area contributed by atoms with E-state index in [0.29, 0.717) is 49.9 Å². The number of pyridine rings is 1. The normalized spacial score (nSPS) is 23.7. The number of likely N-dealkylation sites (tertiary alicyclic amines) is 1. The quantitative estimate of drug-likeness (QED) is 0.389. The van der Waals surface area contributed by atoms with Crippen LogP contribution in [0.3, 0.4) is 0 Å². The third-order valence-corrected chi connectivity index (χ3v) is 8.92. The molecule has 0 saturated carbocycles. The number of morpholine rings is 2. The van der Waals surface area contributed by atoms with Crippen molar-refractivity contribution < 1.29 is 23.4 Å². The van der Waals surface area contributed by atoms with Crippen molar-refractivity contribution in [2.75, 3.05) is 57.3 Å². The molecule has 0 unspecified atom stereocenters. The van der Waals surface area contributed by atoms with Gasteiger partial charge in [-0.2, -0.15) is 10.4 Å². The van der Waals surface area contributed by atoms with Gasteiger partial charge in [0.2, 0.25) is 0 Å². The third kappa shape index (κ3) is 7.08. The molecule has 10 nitrogen and oxygen atoms in total. The van der Waals surface area contributed by atoms with E-state index in [2.05, 4.69) is 52.2 Å². The van der Waals surface area contributed by atoms with Crippen LogP contribution in [0, 0.1) is 17.1 Å². The highest BCUT2D eigenvalue weighted by Crippen LogP contribution is 2.32. The fourth-order valence-corrected chi connectivity index (χ4v) is 6.79. The Morgan fingerprint density at radius 2 is 1.80 bits per heavy atom. The van der Waals surface area contributed by atoms with Gasteiger partial charge in [0.1, 0.15) is 29.0 Å². The SMILES string of the molecule is C[C@@H]1CN(c2ccc(C#N)n3ncc(F)c23)C[C@H](CN2CCC(c3ccc([C@@H]4CN(C(=O)OC(C)(C)C)CCO4)cc3)CC2)O1. The predicted molar refractivity (Wildman–Crippen MR) is 168 cm³/mol. The van der Waals surface area contributed by atoms with Gasteiger partial charge >= 0.3 is 6.09 Å². The molecule has 0 spiro atoms. The van der Waals surface area contributed by atoms with Crippen LogP contribution < -0.4 is 4.90 Å². The summed E-state index contributed by atoms with van der Waals surface area (Å²) >= 11 is 0. The number of anilines is 1. The second-order valence-electron chi connectivity index (χ2n) is 13.5. The van der Waals surface area contributed by atoms with Gasteiger partial charge in [0.15, 0.2) is 5.82 Å². The molecule has 3 saturated heterocycles. The van der Waals surface area contributed by atoms with Crippen LogP contribution in [-0.2, 0) is 14.2 Å². The highest BCUT2D eigenvalue weighted by Gasteiger charge is 2.32. The molecule has 6 rings (SSSR count). The summed E-state index contributed by atoms with van der Waals surface area (Å²) in [6.07, 6.45) is 2.82. The minimum atomic E-state index is -0.523. The number of carbonyl (C=O) groups excluding carboxylic acids is 1. The smallest absolute Gasteiger partial charge is 0.410 e. The Balaban J connectivity index is 1.03. The molecular weight excluding hydrogens is 575 g/mol. The van der Waals surface area contributed by atoms with Crippen molar-refractivity contribution >= 4 is 17.3 Å². The standard InChI is InChI=1S/C34H43FN6O4/c1-23-19-40(30-10-9-27(17-36)41-32(30)29(35)18-37-41)21-28(44-23)20-38-13-11-25(12-14-38)24-5-7-26(8-6-24)31-22-39(15-16-43-31)33(42)45-34(2,3)4/h5-10,18,23,25,28,31H,11-16,19-22H2,1-4H3/t23-,28+,31+/m1/s1. The number of halogens is 1. The topological polar surface area (TPSA) is 95.6 Å². The lowest BCUT2D eigenvalue weighted by Crippen LogP contribution is -2.51. The molecule has 5 heterocycles. The molecule has 1 amide bonds. The Hall–Kier alpha value is -3.72. The number of rotatable bonds is 5. The lowest BCUT2D eigenvalue weighted by Gasteiger charge is -2.41. The number of aromatic nitrogens is 2. The first-order valence-corrected chi connectivity index (χ1v) is 16.0. The number of carbonyl (C=O) groups is 1. The number of piperidine rings is 1. The van der Waals surface area contributed by atoms with Crippen molar-refractivity contribution in [3.63, 3.8) is 0 Å². The van der Waals surface area contributed by atoms with Crippen LogP contribution in [0.15, 0.2) is 42.6 Å². The first kappa shape index (κ1) is 31.3. The lowest BCUT2D eigenvalue weighted by molar-refractivity contribution is -0.0433. The second-order valence-corrected chi connectivity index (χ2v) is 13.5. The minimum Gasteiger partial charge on any atom is -0.444 e. The Labute approximate surface area is 264 Å². The van der Waals surface area contributed by atoms with Gasteiger partial charge in [0.05, 0.1) is 37.2 Å². The fraction of sp³-hybridized carbons (Fsp3) is 0.559. The summed E-state index contributed by atoms with van der Waals surface area (Å²) in [5, 5.41) is 13.5. The van der Waals surface area contributed by atoms with Crippen molar-refractivity contribution in [1.29, 1.82) is 5.26 Å². The van der Waals surface area contributed by atoms with E-state index in [0.717, 1.165) is 43.7 Å². The van der Waals surface area contributed by atoms with E-state index in [1.54, 1.807) is 11.0 Å². The van der Waals surface area contributed by atoms with Gasteiger partial charge in [-0.3, -0.25) is 0 Å². The van der Waals surface area contributed by atoms with E-state index in [1.807, 2.05) is 26.8 Å². The van der Waals surface area contributed by atoms with Crippen LogP contribution in [0.25, 0.3) is 5.52 Å². The lowest BCUT2D eigenvalue weighted by atomic mass is 9.88. The van der Waals surface area contributed by atoms with Crippen molar-refractivity contribution in [3.8, 4) is 6.07 Å². The second kappa shape index (κ2) is 12.9. The zero-order valence-corrected chi connectivity index (χ0v) is 26.6. The van der Waals surface area contributed by atoms with Crippen molar-refractivity contribution in [2.45, 2.75) is 70.4 Å². The van der Waals surface area contributed by atoms with Crippen LogP contribution >= 0.6 is 0 Å². The molecule has 240 valence electrons. The average molecular weight is 619 g/mol. The van der Waals surface area contributed by atoms with Crippen LogP contribution in [-0.4, -0.2) is 95.7 Å². The monoisotopic (exact) mass is 618 g/mol. The minimum absolute atomic E-state index is 0.00848. The molecule has 11 heteroatoms. The molecule has 3 fully saturated rings. The summed E-state index contributed by atoms with van der Waals surface area (Å²) in [4.78, 5) is 19.0. The zero-order chi connectivity index (χ0) is 31.7. The Morgan fingerprint density at radius 1 is 1.07 bits per heavy atom. The molecular formula is C34H43FN6O4. The summed E-state index contributed by atoms with van der Waals surface area (Å²) in [6, 6.07) is 14.3. The van der Waals surface area contributed by atoms with Gasteiger partial charge in [0.25, 0.3) is 0 Å². The number of hydrogen-bond donors (Lipinski definition) is 0. The summed E-state index contributed by atoms with van der Waals surface area (Å²) in [6.45, 7) is 13.3. The Morgan fingerprint density at radius 3 is 2.51 bits per heavy atom. The predicted octanol–water partition coefficient (Wildman–Crippen LogP) is 5.13. The van der Waals surface area contributed by atoms with E-state index < -0.39 is 11.4 Å². The number of nitriles is 1. The molecule has 0 aliphatic carbocycles. The maximum absolute atomic E-state index is 14.7. The largest absolute Gasteiger partial charge is 0.444 e. The molecule has 0 bridgehead atoms. The average Bonchev–Trinajstić information content (AvgIpc) is 3.41. The van der Waals surface area contributed by atoms with E-state index in [-0.39, 0.29) is 24.4 Å². The summed E-state index contributed by atoms with van der Waals surface area (Å²) in [5.74, 6) is 0.0576. The number of amides is 1. The molecule has 2 aromatic heterocycles. The number of nitrogens with zero attached hydrogens (tertiary/aromatic N) is 6. The van der Waals surface area contributed by atoms with Gasteiger partial charge in [-0.15, -0.1) is 0 Å². The molecule has 3 aromatic rings. The van der Waals surface area contributed by atoms with E-state index >= 15 is 0 Å². The maximum Gasteiger partial charge on any atom is 0.410 e. The van der Waals surface area contributed by atoms with Crippen molar-refractivity contribution in [2.24, 2.45) is 0 Å². The van der Waals surface area contributed by atoms with Crippen molar-refractivity contribution in [3.05, 3.63) is 65.2 Å². The summed E-state index contributed by atoms with van der Waals surface area (Å²) in [7, 11) is 0. The summed E-state index contributed by atoms with van der Waals surface area (Å²) < 4.78 is 34.1. The Kier molecular flexibility index (Phi) is 9.00. The molecule has 0 radical (unpaired) electrons. The van der Waals surface area contributed by atoms with Gasteiger partial charge in [0, 0.05) is 26.2 Å². The molecule has 3 aliphatic heterocycles. The maximum atomic E-state index is 14.7. The van der Waals surface area contributed by atoms with Gasteiger partial charge in [-0.25, -0.2) is 13.7 Å². The third-order valence-electron chi connectivity index (χ3n) is 8.92.